The average Bonchev–Trinajstić information content (AvgIpc) is 3.64. The van der Waals surface area contributed by atoms with Crippen LogP contribution in [0.3, 0.4) is 0 Å². The molecule has 4 atom stereocenters. The number of aromatic nitrogens is 4. The van der Waals surface area contributed by atoms with Crippen molar-refractivity contribution < 1.29 is 14.3 Å². The summed E-state index contributed by atoms with van der Waals surface area (Å²) in [6, 6.07) is 25.8. The number of anilines is 1. The predicted molar refractivity (Wildman–Crippen MR) is 186 cm³/mol. The molecule has 11 heteroatoms. The minimum Gasteiger partial charge on any atom is -0.445 e. The highest BCUT2D eigenvalue weighted by molar-refractivity contribution is 6.43. The average molecular weight is 684 g/mol. The van der Waals surface area contributed by atoms with Gasteiger partial charge in [-0.25, -0.2) is 19.4 Å². The third-order valence-electron chi connectivity index (χ3n) is 10.2. The number of nitrogens with zero attached hydrogens (tertiary/aromatic N) is 5. The smallest absolute Gasteiger partial charge is 0.407 e. The monoisotopic (exact) mass is 682 g/mol. The van der Waals surface area contributed by atoms with E-state index in [0.29, 0.717) is 57.5 Å². The van der Waals surface area contributed by atoms with Crippen LogP contribution in [0.2, 0.25) is 10.0 Å². The van der Waals surface area contributed by atoms with E-state index < -0.39 is 6.09 Å². The lowest BCUT2D eigenvalue weighted by Gasteiger charge is -2.27. The van der Waals surface area contributed by atoms with E-state index in [0.717, 1.165) is 50.2 Å². The number of nitrogens with one attached hydrogen (secondary N) is 1. The summed E-state index contributed by atoms with van der Waals surface area (Å²) in [6.07, 6.45) is 5.10. The number of benzene rings is 3. The van der Waals surface area contributed by atoms with Crippen LogP contribution >= 0.6 is 23.2 Å². The number of ether oxygens (including phenoxy) is 2. The van der Waals surface area contributed by atoms with Gasteiger partial charge < -0.3 is 19.7 Å². The molecule has 2 aromatic heterocycles. The largest absolute Gasteiger partial charge is 0.445 e. The molecule has 246 valence electrons. The van der Waals surface area contributed by atoms with E-state index in [4.69, 9.17) is 47.7 Å². The summed E-state index contributed by atoms with van der Waals surface area (Å²) >= 11 is 13.1. The Labute approximate surface area is 289 Å². The summed E-state index contributed by atoms with van der Waals surface area (Å²) in [6.45, 7) is 3.04. The van der Waals surface area contributed by atoms with Crippen molar-refractivity contribution in [3.05, 3.63) is 106 Å². The van der Waals surface area contributed by atoms with Gasteiger partial charge in [-0.05, 0) is 54.7 Å². The van der Waals surface area contributed by atoms with Crippen LogP contribution in [0.25, 0.3) is 22.4 Å². The number of hydrogen-bond acceptors (Lipinski definition) is 7. The number of piperidine rings is 1. The maximum absolute atomic E-state index is 12.8. The maximum Gasteiger partial charge on any atom is 0.407 e. The Morgan fingerprint density at radius 3 is 2.58 bits per heavy atom. The van der Waals surface area contributed by atoms with Gasteiger partial charge >= 0.3 is 6.09 Å². The molecule has 0 spiro atoms. The molecule has 8 rings (SSSR count). The molecule has 9 nitrogen and oxygen atoms in total. The number of carbonyl (C=O) groups excluding carboxylic acids is 1. The topological polar surface area (TPSA) is 94.4 Å². The van der Waals surface area contributed by atoms with E-state index in [1.807, 2.05) is 59.4 Å². The second-order valence-electron chi connectivity index (χ2n) is 12.9. The molecule has 1 N–H and O–H groups in total. The molecule has 2 aliphatic heterocycles. The van der Waals surface area contributed by atoms with Gasteiger partial charge in [-0.15, -0.1) is 0 Å². The molecule has 48 heavy (non-hydrogen) atoms. The Hall–Kier alpha value is -4.18. The Kier molecular flexibility index (Phi) is 8.44. The molecular formula is C37H36Cl2N6O3. The number of alkyl carbamates (subject to hydrolysis) is 1. The number of fused-ring (bicyclic) bond motifs is 2. The fourth-order valence-corrected chi connectivity index (χ4v) is 8.15. The Balaban J connectivity index is 1.06. The van der Waals surface area contributed by atoms with Crippen molar-refractivity contribution in [2.24, 2.45) is 11.8 Å². The van der Waals surface area contributed by atoms with Gasteiger partial charge in [0.15, 0.2) is 11.9 Å². The van der Waals surface area contributed by atoms with Crippen LogP contribution in [0, 0.1) is 11.8 Å². The van der Waals surface area contributed by atoms with Gasteiger partial charge in [0, 0.05) is 37.2 Å². The normalized spacial score (nSPS) is 23.5. The van der Waals surface area contributed by atoms with Gasteiger partial charge in [-0.1, -0.05) is 96.0 Å². The minimum absolute atomic E-state index is 0.187. The zero-order valence-corrected chi connectivity index (χ0v) is 27.9. The van der Waals surface area contributed by atoms with Gasteiger partial charge in [0.25, 0.3) is 0 Å². The first-order valence-electron chi connectivity index (χ1n) is 16.6. The number of hydrogen-bond donors (Lipinski definition) is 1. The Morgan fingerprint density at radius 1 is 0.979 bits per heavy atom. The zero-order chi connectivity index (χ0) is 32.7. The second-order valence-corrected chi connectivity index (χ2v) is 13.7. The van der Waals surface area contributed by atoms with Gasteiger partial charge in [0.1, 0.15) is 23.6 Å². The molecule has 3 fully saturated rings. The van der Waals surface area contributed by atoms with Crippen molar-refractivity contribution in [2.75, 3.05) is 31.1 Å². The summed E-state index contributed by atoms with van der Waals surface area (Å²) in [5, 5.41) is 8.99. The fraction of sp³-hybridized carbons (Fsp3) is 0.351. The summed E-state index contributed by atoms with van der Waals surface area (Å²) in [7, 11) is 0. The van der Waals surface area contributed by atoms with Crippen LogP contribution in [0.1, 0.15) is 43.0 Å². The van der Waals surface area contributed by atoms with Crippen LogP contribution in [0.4, 0.5) is 10.6 Å². The second kappa shape index (κ2) is 13.0. The van der Waals surface area contributed by atoms with Crippen molar-refractivity contribution in [1.29, 1.82) is 0 Å². The molecule has 3 aliphatic rings. The van der Waals surface area contributed by atoms with Crippen LogP contribution in [0.15, 0.2) is 85.1 Å². The first-order chi connectivity index (χ1) is 23.5. The van der Waals surface area contributed by atoms with E-state index in [1.54, 1.807) is 6.07 Å². The predicted octanol–water partition coefficient (Wildman–Crippen LogP) is 7.82. The van der Waals surface area contributed by atoms with Crippen LogP contribution in [0.5, 0.6) is 0 Å². The summed E-state index contributed by atoms with van der Waals surface area (Å²) in [5.74, 6) is 1.55. The van der Waals surface area contributed by atoms with E-state index in [2.05, 4.69) is 34.5 Å². The van der Waals surface area contributed by atoms with Crippen molar-refractivity contribution in [3.8, 4) is 11.3 Å². The fourth-order valence-electron chi connectivity index (χ4n) is 7.76. The van der Waals surface area contributed by atoms with Gasteiger partial charge in [0.2, 0.25) is 0 Å². The van der Waals surface area contributed by atoms with Crippen LogP contribution < -0.4 is 10.2 Å². The standard InChI is InChI=1S/C37H36Cl2N6O3/c38-29-15-9-14-26(32(29)39)33-34-35(45(43-33)31-16-7-8-19-47-31)42-30(20-40-34)44-18-17-27-28(21-44)37(27,25-12-5-2-6-13-25)23-41-36(46)48-22-24-10-3-1-4-11-24/h1-6,9-15,20,27-28,31H,7-8,16-19,21-23H2,(H,41,46). The van der Waals surface area contributed by atoms with Crippen molar-refractivity contribution in [3.63, 3.8) is 0 Å². The lowest BCUT2D eigenvalue weighted by molar-refractivity contribution is -0.0368. The third kappa shape index (κ3) is 5.67. The third-order valence-corrected chi connectivity index (χ3v) is 11.0. The summed E-state index contributed by atoms with van der Waals surface area (Å²) in [5.41, 5.74) is 4.69. The summed E-state index contributed by atoms with van der Waals surface area (Å²) in [4.78, 5) is 25.3. The molecular weight excluding hydrogens is 647 g/mol. The van der Waals surface area contributed by atoms with Crippen LogP contribution in [-0.2, 0) is 21.5 Å². The zero-order valence-electron chi connectivity index (χ0n) is 26.4. The molecule has 4 unspecified atom stereocenters. The van der Waals surface area contributed by atoms with Crippen molar-refractivity contribution in [1.82, 2.24) is 25.1 Å². The molecule has 5 aromatic rings. The van der Waals surface area contributed by atoms with Crippen molar-refractivity contribution >= 4 is 46.3 Å². The maximum atomic E-state index is 12.8. The number of carbonyl (C=O) groups is 1. The minimum atomic E-state index is -0.403. The number of halogens is 2. The quantitative estimate of drug-likeness (QED) is 0.178. The lowest BCUT2D eigenvalue weighted by atomic mass is 9.91. The van der Waals surface area contributed by atoms with Gasteiger partial charge in [-0.3, -0.25) is 0 Å². The van der Waals surface area contributed by atoms with E-state index >= 15 is 0 Å². The van der Waals surface area contributed by atoms with Gasteiger partial charge in [-0.2, -0.15) is 5.10 Å². The first kappa shape index (κ1) is 31.1. The highest BCUT2D eigenvalue weighted by Crippen LogP contribution is 2.63. The number of amides is 1. The molecule has 0 bridgehead atoms. The number of rotatable bonds is 8. The SMILES string of the molecule is O=C(NCC1(c2ccccc2)C2CCN(c3cnc4c(-c5cccc(Cl)c5Cl)nn(C5CCCCO5)c4n3)CC21)OCc1ccccc1. The molecule has 2 saturated heterocycles. The molecule has 3 aromatic carbocycles. The highest BCUT2D eigenvalue weighted by Gasteiger charge is 2.66. The van der Waals surface area contributed by atoms with Gasteiger partial charge in [0.05, 0.1) is 16.2 Å². The first-order valence-corrected chi connectivity index (χ1v) is 17.3. The molecule has 0 radical (unpaired) electrons. The molecule has 1 amide bonds. The Morgan fingerprint density at radius 2 is 1.79 bits per heavy atom. The highest BCUT2D eigenvalue weighted by atomic mass is 35.5. The Bertz CT molecular complexity index is 1930. The molecule has 4 heterocycles. The van der Waals surface area contributed by atoms with E-state index in [9.17, 15) is 4.79 Å². The van der Waals surface area contributed by atoms with Crippen molar-refractivity contribution in [2.45, 2.75) is 43.9 Å². The van der Waals surface area contributed by atoms with Crippen LogP contribution in [-0.4, -0.2) is 52.1 Å². The summed E-state index contributed by atoms with van der Waals surface area (Å²) < 4.78 is 13.6. The lowest BCUT2D eigenvalue weighted by Crippen LogP contribution is -2.35. The molecule has 1 aliphatic carbocycles. The van der Waals surface area contributed by atoms with E-state index in [-0.39, 0.29) is 18.2 Å². The molecule has 1 saturated carbocycles. The van der Waals surface area contributed by atoms with E-state index in [1.165, 1.54) is 5.56 Å².